The number of aryl methyl sites for hydroxylation is 1. The molecule has 2 aromatic rings. The molecule has 1 N–H and O–H groups in total. The lowest BCUT2D eigenvalue weighted by molar-refractivity contribution is -0.151. The van der Waals surface area contributed by atoms with Gasteiger partial charge in [-0.3, -0.25) is 9.69 Å². The zero-order valence-corrected chi connectivity index (χ0v) is 18.7. The van der Waals surface area contributed by atoms with E-state index in [1.165, 1.54) is 11.1 Å². The molecule has 1 atom stereocenters. The lowest BCUT2D eigenvalue weighted by atomic mass is 9.84. The van der Waals surface area contributed by atoms with Crippen LogP contribution in [0.1, 0.15) is 43.4 Å². The molecule has 2 fully saturated rings. The molecule has 0 radical (unpaired) electrons. The van der Waals surface area contributed by atoms with Gasteiger partial charge in [0.05, 0.1) is 5.41 Å². The van der Waals surface area contributed by atoms with Gasteiger partial charge in [-0.1, -0.05) is 36.7 Å². The maximum absolute atomic E-state index is 11.6. The summed E-state index contributed by atoms with van der Waals surface area (Å²) in [4.78, 5) is 13.9. The number of nitrogens with zero attached hydrogens (tertiary/aromatic N) is 1. The number of hydrogen-bond acceptors (Lipinski definition) is 4. The van der Waals surface area contributed by atoms with Crippen molar-refractivity contribution in [2.24, 2.45) is 5.41 Å². The predicted molar refractivity (Wildman–Crippen MR) is 119 cm³/mol. The first-order valence-electron chi connectivity index (χ1n) is 11.0. The highest BCUT2D eigenvalue weighted by molar-refractivity contribution is 6.31. The molecule has 31 heavy (non-hydrogen) atoms. The Morgan fingerprint density at radius 3 is 2.74 bits per heavy atom. The molecule has 164 valence electrons. The number of carboxylic acid groups (broad SMARTS) is 1. The summed E-state index contributed by atoms with van der Waals surface area (Å²) < 4.78 is 12.4. The summed E-state index contributed by atoms with van der Waals surface area (Å²) in [6, 6.07) is 12.0. The van der Waals surface area contributed by atoms with E-state index in [4.69, 9.17) is 21.1 Å². The summed E-state index contributed by atoms with van der Waals surface area (Å²) in [7, 11) is 0. The van der Waals surface area contributed by atoms with E-state index >= 15 is 0 Å². The number of carbonyl (C=O) groups is 1. The molecule has 1 saturated carbocycles. The Balaban J connectivity index is 1.23. The number of benzene rings is 2. The highest BCUT2D eigenvalue weighted by atomic mass is 35.5. The van der Waals surface area contributed by atoms with Crippen molar-refractivity contribution < 1.29 is 19.4 Å². The van der Waals surface area contributed by atoms with Gasteiger partial charge in [0.2, 0.25) is 0 Å². The average Bonchev–Trinajstić information content (AvgIpc) is 3.45. The molecule has 5 nitrogen and oxygen atoms in total. The molecule has 1 saturated heterocycles. The van der Waals surface area contributed by atoms with Crippen molar-refractivity contribution in [3.8, 4) is 11.5 Å². The van der Waals surface area contributed by atoms with Gasteiger partial charge >= 0.3 is 5.97 Å². The molecule has 2 aliphatic heterocycles. The molecule has 0 amide bonds. The minimum absolute atomic E-state index is 0.0465. The highest BCUT2D eigenvalue weighted by Gasteiger charge is 2.60. The number of aliphatic carboxylic acids is 1. The molecule has 1 aliphatic carbocycles. The Kier molecular flexibility index (Phi) is 4.94. The molecule has 3 aliphatic rings. The summed E-state index contributed by atoms with van der Waals surface area (Å²) in [5.74, 6) is 0.979. The minimum Gasteiger partial charge on any atom is -0.489 e. The number of ether oxygens (including phenoxy) is 2. The van der Waals surface area contributed by atoms with E-state index in [1.807, 2.05) is 31.2 Å². The fourth-order valence-electron chi connectivity index (χ4n) is 5.17. The Morgan fingerprint density at radius 2 is 2.06 bits per heavy atom. The number of hydrogen-bond donors (Lipinski definition) is 1. The zero-order valence-electron chi connectivity index (χ0n) is 18.0. The Bertz CT molecular complexity index is 1030. The third kappa shape index (κ3) is 3.48. The fraction of sp³-hybridized carbons (Fsp3) is 0.480. The smallest absolute Gasteiger partial charge is 0.311 e. The van der Waals surface area contributed by atoms with Gasteiger partial charge in [0, 0.05) is 42.2 Å². The predicted octanol–water partition coefficient (Wildman–Crippen LogP) is 4.72. The first kappa shape index (κ1) is 20.7. The highest BCUT2D eigenvalue weighted by Crippen LogP contribution is 2.53. The van der Waals surface area contributed by atoms with Crippen LogP contribution in [0.5, 0.6) is 11.5 Å². The maximum Gasteiger partial charge on any atom is 0.311 e. The van der Waals surface area contributed by atoms with Crippen molar-refractivity contribution in [3.63, 3.8) is 0 Å². The van der Waals surface area contributed by atoms with Crippen LogP contribution < -0.4 is 9.47 Å². The molecule has 5 rings (SSSR count). The van der Waals surface area contributed by atoms with Crippen LogP contribution in [0, 0.1) is 5.41 Å². The molecule has 0 bridgehead atoms. The van der Waals surface area contributed by atoms with Crippen molar-refractivity contribution in [3.05, 3.63) is 58.1 Å². The van der Waals surface area contributed by atoms with Gasteiger partial charge in [-0.05, 0) is 49.4 Å². The van der Waals surface area contributed by atoms with Crippen LogP contribution in [0.15, 0.2) is 36.4 Å². The molecule has 0 aromatic heterocycles. The Morgan fingerprint density at radius 1 is 1.29 bits per heavy atom. The normalized spacial score (nSPS) is 21.1. The van der Waals surface area contributed by atoms with Gasteiger partial charge < -0.3 is 14.6 Å². The van der Waals surface area contributed by atoms with E-state index in [0.717, 1.165) is 60.9 Å². The lowest BCUT2D eigenvalue weighted by Gasteiger charge is -2.51. The minimum atomic E-state index is -0.664. The SMILES string of the molecule is CCc1cccc(Cl)c1COc1ccc2c(c1)OC1(C2)CN(C(C)C2(C(=O)O)CC2)C1. The van der Waals surface area contributed by atoms with Crippen LogP contribution >= 0.6 is 11.6 Å². The van der Waals surface area contributed by atoms with Crippen LogP contribution in [0.4, 0.5) is 0 Å². The van der Waals surface area contributed by atoms with Crippen LogP contribution in [-0.2, 0) is 24.2 Å². The third-order valence-corrected chi connectivity index (χ3v) is 7.76. The second-order valence-electron chi connectivity index (χ2n) is 9.29. The number of carboxylic acids is 1. The van der Waals surface area contributed by atoms with Crippen LogP contribution in [-0.4, -0.2) is 40.7 Å². The van der Waals surface area contributed by atoms with E-state index in [-0.39, 0.29) is 11.6 Å². The van der Waals surface area contributed by atoms with E-state index in [0.29, 0.717) is 6.61 Å². The van der Waals surface area contributed by atoms with Gasteiger partial charge in [0.15, 0.2) is 0 Å². The van der Waals surface area contributed by atoms with Gasteiger partial charge in [0.1, 0.15) is 23.7 Å². The second kappa shape index (κ2) is 7.42. The van der Waals surface area contributed by atoms with E-state index < -0.39 is 11.4 Å². The van der Waals surface area contributed by atoms with Gasteiger partial charge in [0.25, 0.3) is 0 Å². The van der Waals surface area contributed by atoms with Gasteiger partial charge in [-0.15, -0.1) is 0 Å². The van der Waals surface area contributed by atoms with Crippen molar-refractivity contribution in [2.75, 3.05) is 13.1 Å². The first-order valence-corrected chi connectivity index (χ1v) is 11.4. The molecule has 2 aromatic carbocycles. The molecule has 2 heterocycles. The van der Waals surface area contributed by atoms with E-state index in [9.17, 15) is 9.90 Å². The van der Waals surface area contributed by atoms with Gasteiger partial charge in [-0.2, -0.15) is 0 Å². The number of fused-ring (bicyclic) bond motifs is 1. The standard InChI is InChI=1S/C25H28ClNO4/c1-3-17-5-4-6-21(26)20(17)13-30-19-8-7-18-12-24(31-22(18)11-19)14-27(15-24)16(2)25(9-10-25)23(28)29/h4-8,11,16H,3,9-10,12-15H2,1-2H3,(H,28,29). The monoisotopic (exact) mass is 441 g/mol. The molecular weight excluding hydrogens is 414 g/mol. The molecule has 1 spiro atoms. The van der Waals surface area contributed by atoms with E-state index in [2.05, 4.69) is 24.0 Å². The molecule has 6 heteroatoms. The molecule has 1 unspecified atom stereocenters. The van der Waals surface area contributed by atoms with Crippen LogP contribution in [0.3, 0.4) is 0 Å². The van der Waals surface area contributed by atoms with Crippen molar-refractivity contribution >= 4 is 17.6 Å². The summed E-state index contributed by atoms with van der Waals surface area (Å²) in [5.41, 5.74) is 2.63. The van der Waals surface area contributed by atoms with Crippen LogP contribution in [0.2, 0.25) is 5.02 Å². The number of halogens is 1. The third-order valence-electron chi connectivity index (χ3n) is 7.40. The first-order chi connectivity index (χ1) is 14.9. The Labute approximate surface area is 187 Å². The van der Waals surface area contributed by atoms with Crippen molar-refractivity contribution in [1.29, 1.82) is 0 Å². The second-order valence-corrected chi connectivity index (χ2v) is 9.70. The summed E-state index contributed by atoms with van der Waals surface area (Å²) in [6.45, 7) is 6.12. The summed E-state index contributed by atoms with van der Waals surface area (Å²) in [6.07, 6.45) is 3.32. The summed E-state index contributed by atoms with van der Waals surface area (Å²) >= 11 is 6.38. The van der Waals surface area contributed by atoms with Gasteiger partial charge in [-0.25, -0.2) is 0 Å². The largest absolute Gasteiger partial charge is 0.489 e. The van der Waals surface area contributed by atoms with Crippen molar-refractivity contribution in [2.45, 2.75) is 57.8 Å². The van der Waals surface area contributed by atoms with Crippen molar-refractivity contribution in [1.82, 2.24) is 4.90 Å². The number of likely N-dealkylation sites (tertiary alicyclic amines) is 1. The Hall–Kier alpha value is -2.24. The topological polar surface area (TPSA) is 59.0 Å². The quantitative estimate of drug-likeness (QED) is 0.673. The average molecular weight is 442 g/mol. The maximum atomic E-state index is 11.6. The number of rotatable bonds is 7. The van der Waals surface area contributed by atoms with Crippen LogP contribution in [0.25, 0.3) is 0 Å². The summed E-state index contributed by atoms with van der Waals surface area (Å²) in [5, 5.41) is 10.3. The zero-order chi connectivity index (χ0) is 21.8. The fourth-order valence-corrected chi connectivity index (χ4v) is 5.42. The van der Waals surface area contributed by atoms with E-state index in [1.54, 1.807) is 0 Å². The lowest BCUT2D eigenvalue weighted by Crippen LogP contribution is -2.68. The molecular formula is C25H28ClNO4.